The monoisotopic (exact) mass is 505 g/mol. The second-order valence-corrected chi connectivity index (χ2v) is 11.8. The van der Waals surface area contributed by atoms with Crippen LogP contribution in [-0.4, -0.2) is 84.8 Å². The van der Waals surface area contributed by atoms with Crippen LogP contribution in [0, 0.1) is 0 Å². The molecule has 10 nitrogen and oxygen atoms in total. The summed E-state index contributed by atoms with van der Waals surface area (Å²) in [5.41, 5.74) is 4.18. The molecule has 1 aliphatic heterocycles. The lowest BCUT2D eigenvalue weighted by Gasteiger charge is -2.33. The number of H-pyrrole nitrogens is 1. The number of nitrogens with zero attached hydrogens (tertiary/aromatic N) is 3. The third-order valence-corrected chi connectivity index (χ3v) is 8.35. The predicted molar refractivity (Wildman–Crippen MR) is 131 cm³/mol. The summed E-state index contributed by atoms with van der Waals surface area (Å²) in [5, 5.41) is 1.08. The van der Waals surface area contributed by atoms with Crippen molar-refractivity contribution in [1.82, 2.24) is 25.3 Å². The molecule has 0 aliphatic carbocycles. The summed E-state index contributed by atoms with van der Waals surface area (Å²) in [6, 6.07) is 9.65. The number of benzene rings is 1. The number of carbonyl (C=O) groups is 2. The van der Waals surface area contributed by atoms with Gasteiger partial charge in [-0.3, -0.25) is 24.9 Å². The highest BCUT2D eigenvalue weighted by atomic mass is 32.2. The lowest BCUT2D eigenvalue weighted by atomic mass is 10.1. The average molecular weight is 506 g/mol. The fourth-order valence-corrected chi connectivity index (χ4v) is 5.20. The highest BCUT2D eigenvalue weighted by Gasteiger charge is 2.39. The first kappa shape index (κ1) is 26.8. The van der Waals surface area contributed by atoms with Gasteiger partial charge in [-0.05, 0) is 32.3 Å². The van der Waals surface area contributed by atoms with Crippen LogP contribution in [0.5, 0.6) is 0 Å². The third kappa shape index (κ3) is 7.36. The number of morpholine rings is 1. The number of imidazole rings is 1. The van der Waals surface area contributed by atoms with E-state index in [0.29, 0.717) is 45.0 Å². The third-order valence-electron chi connectivity index (χ3n) is 6.05. The number of aromatic amines is 1. The molecule has 1 aliphatic rings. The van der Waals surface area contributed by atoms with Gasteiger partial charge >= 0.3 is 0 Å². The fourth-order valence-electron chi connectivity index (χ4n) is 3.86. The topological polar surface area (TPSA) is 125 Å². The summed E-state index contributed by atoms with van der Waals surface area (Å²) in [7, 11) is -2.22. The summed E-state index contributed by atoms with van der Waals surface area (Å²) in [5.74, 6) is -0.535. The van der Waals surface area contributed by atoms with Gasteiger partial charge in [-0.1, -0.05) is 30.3 Å². The molecule has 192 valence electrons. The molecule has 2 amide bonds. The molecule has 0 atom stereocenters. The van der Waals surface area contributed by atoms with Crippen LogP contribution in [0.3, 0.4) is 0 Å². The van der Waals surface area contributed by atoms with Crippen LogP contribution in [0.1, 0.15) is 37.9 Å². The lowest BCUT2D eigenvalue weighted by molar-refractivity contribution is -0.139. The van der Waals surface area contributed by atoms with Crippen LogP contribution in [0.2, 0.25) is 0 Å². The smallest absolute Gasteiger partial charge is 0.241 e. The number of aromatic nitrogens is 2. The van der Waals surface area contributed by atoms with E-state index in [1.807, 2.05) is 30.3 Å². The maximum Gasteiger partial charge on any atom is 0.241 e. The van der Waals surface area contributed by atoms with Crippen LogP contribution in [0.15, 0.2) is 41.7 Å². The first-order chi connectivity index (χ1) is 16.6. The van der Waals surface area contributed by atoms with E-state index in [2.05, 4.69) is 20.3 Å². The first-order valence-electron chi connectivity index (χ1n) is 11.8. The number of hydrogen-bond acceptors (Lipinski definition) is 7. The molecule has 1 aromatic carbocycles. The van der Waals surface area contributed by atoms with Crippen LogP contribution in [-0.2, 0) is 37.0 Å². The molecule has 3 rings (SSSR count). The van der Waals surface area contributed by atoms with Gasteiger partial charge in [0.05, 0.1) is 18.0 Å². The minimum absolute atomic E-state index is 0.0916. The molecule has 2 heterocycles. The summed E-state index contributed by atoms with van der Waals surface area (Å²) < 4.78 is 30.7. The Morgan fingerprint density at radius 1 is 1.14 bits per heavy atom. The average Bonchev–Trinajstić information content (AvgIpc) is 3.32. The van der Waals surface area contributed by atoms with E-state index in [9.17, 15) is 18.0 Å². The molecule has 0 saturated carbocycles. The van der Waals surface area contributed by atoms with Crippen LogP contribution in [0.25, 0.3) is 0 Å². The molecular weight excluding hydrogens is 470 g/mol. The first-order valence-corrected chi connectivity index (χ1v) is 13.3. The molecular formula is C24H35N5O5S. The SMILES string of the molecule is CN(NC(=O)CCc1ccccc1)C(=O)CCc1cnc(S(=O)(=O)C(C)(C)CN2CCOCC2)[nH]1. The van der Waals surface area contributed by atoms with Crippen LogP contribution >= 0.6 is 0 Å². The van der Waals surface area contributed by atoms with Crippen LogP contribution in [0.4, 0.5) is 0 Å². The van der Waals surface area contributed by atoms with Crippen molar-refractivity contribution in [1.29, 1.82) is 0 Å². The Morgan fingerprint density at radius 3 is 2.51 bits per heavy atom. The van der Waals surface area contributed by atoms with Crippen molar-refractivity contribution in [3.05, 3.63) is 47.8 Å². The molecule has 0 bridgehead atoms. The molecule has 0 spiro atoms. The minimum Gasteiger partial charge on any atom is -0.379 e. The zero-order valence-corrected chi connectivity index (χ0v) is 21.4. The molecule has 0 radical (unpaired) electrons. The molecule has 1 fully saturated rings. The summed E-state index contributed by atoms with van der Waals surface area (Å²) in [4.78, 5) is 33.6. The predicted octanol–water partition coefficient (Wildman–Crippen LogP) is 1.35. The molecule has 35 heavy (non-hydrogen) atoms. The Balaban J connectivity index is 1.48. The Bertz CT molecular complexity index is 1090. The number of ether oxygens (including phenoxy) is 1. The van der Waals surface area contributed by atoms with E-state index < -0.39 is 14.6 Å². The Morgan fingerprint density at radius 2 is 1.83 bits per heavy atom. The van der Waals surface area contributed by atoms with Gasteiger partial charge in [0.25, 0.3) is 0 Å². The molecule has 11 heteroatoms. The molecule has 2 aromatic rings. The van der Waals surface area contributed by atoms with Crippen molar-refractivity contribution in [2.75, 3.05) is 39.9 Å². The van der Waals surface area contributed by atoms with Crippen molar-refractivity contribution in [3.63, 3.8) is 0 Å². The fraction of sp³-hybridized carbons (Fsp3) is 0.542. The zero-order valence-electron chi connectivity index (χ0n) is 20.6. The van der Waals surface area contributed by atoms with Crippen molar-refractivity contribution in [2.45, 2.75) is 49.4 Å². The molecule has 0 unspecified atom stereocenters. The highest BCUT2D eigenvalue weighted by Crippen LogP contribution is 2.25. The van der Waals surface area contributed by atoms with Gasteiger partial charge in [-0.25, -0.2) is 13.4 Å². The standard InChI is InChI=1S/C24H35N5O5S/c1-24(2,18-29-13-15-34-16-14-29)35(32,33)23-25-17-20(26-23)10-12-22(31)28(3)27-21(30)11-9-19-7-5-4-6-8-19/h4-8,17H,9-16,18H2,1-3H3,(H,25,26)(H,27,30). The van der Waals surface area contributed by atoms with Gasteiger partial charge in [-0.2, -0.15) is 0 Å². The normalized spacial score (nSPS) is 15.1. The van der Waals surface area contributed by atoms with Gasteiger partial charge in [0.2, 0.25) is 26.8 Å². The number of amides is 2. The van der Waals surface area contributed by atoms with Gasteiger partial charge in [0.1, 0.15) is 0 Å². The Hall–Kier alpha value is -2.76. The van der Waals surface area contributed by atoms with Gasteiger partial charge in [-0.15, -0.1) is 0 Å². The van der Waals surface area contributed by atoms with Crippen molar-refractivity contribution in [2.24, 2.45) is 0 Å². The van der Waals surface area contributed by atoms with Gasteiger partial charge in [0, 0.05) is 51.4 Å². The quantitative estimate of drug-likeness (QED) is 0.467. The van der Waals surface area contributed by atoms with Crippen molar-refractivity contribution < 1.29 is 22.7 Å². The lowest BCUT2D eigenvalue weighted by Crippen LogP contribution is -2.48. The van der Waals surface area contributed by atoms with E-state index in [0.717, 1.165) is 5.56 Å². The van der Waals surface area contributed by atoms with Crippen molar-refractivity contribution in [3.8, 4) is 0 Å². The number of carbonyl (C=O) groups excluding carboxylic acids is 2. The van der Waals surface area contributed by atoms with E-state index in [-0.39, 0.29) is 36.2 Å². The van der Waals surface area contributed by atoms with Crippen LogP contribution < -0.4 is 5.43 Å². The number of rotatable bonds is 10. The van der Waals surface area contributed by atoms with Gasteiger partial charge in [0.15, 0.2) is 0 Å². The minimum atomic E-state index is -3.72. The largest absolute Gasteiger partial charge is 0.379 e. The molecule has 1 aromatic heterocycles. The second kappa shape index (κ2) is 11.8. The number of aryl methyl sites for hydroxylation is 2. The maximum atomic E-state index is 13.2. The summed E-state index contributed by atoms with van der Waals surface area (Å²) >= 11 is 0. The number of hydrazine groups is 1. The molecule has 1 saturated heterocycles. The van der Waals surface area contributed by atoms with E-state index in [1.54, 1.807) is 13.8 Å². The van der Waals surface area contributed by atoms with Gasteiger partial charge < -0.3 is 9.72 Å². The van der Waals surface area contributed by atoms with Crippen molar-refractivity contribution >= 4 is 21.7 Å². The Labute approximate surface area is 206 Å². The number of hydrogen-bond donors (Lipinski definition) is 2. The van der Waals surface area contributed by atoms with E-state index >= 15 is 0 Å². The number of nitrogens with one attached hydrogen (secondary N) is 2. The number of sulfone groups is 1. The van der Waals surface area contributed by atoms with E-state index in [4.69, 9.17) is 4.74 Å². The summed E-state index contributed by atoms with van der Waals surface area (Å²) in [6.45, 7) is 6.34. The second-order valence-electron chi connectivity index (χ2n) is 9.34. The maximum absolute atomic E-state index is 13.2. The van der Waals surface area contributed by atoms with E-state index in [1.165, 1.54) is 18.3 Å². The molecule has 2 N–H and O–H groups in total. The highest BCUT2D eigenvalue weighted by molar-refractivity contribution is 7.92. The zero-order chi connectivity index (χ0) is 25.5. The summed E-state index contributed by atoms with van der Waals surface area (Å²) in [6.07, 6.45) is 2.67. The Kier molecular flexibility index (Phi) is 9.03.